The molecule has 0 bridgehead atoms. The van der Waals surface area contributed by atoms with Gasteiger partial charge >= 0.3 is 0 Å². The van der Waals surface area contributed by atoms with Crippen LogP contribution in [0.5, 0.6) is 0 Å². The van der Waals surface area contributed by atoms with Crippen LogP contribution in [0.3, 0.4) is 0 Å². The van der Waals surface area contributed by atoms with E-state index in [0.717, 1.165) is 62.9 Å². The van der Waals surface area contributed by atoms with Gasteiger partial charge in [0.2, 0.25) is 5.91 Å². The summed E-state index contributed by atoms with van der Waals surface area (Å²) in [6.07, 6.45) is 2.12. The summed E-state index contributed by atoms with van der Waals surface area (Å²) >= 11 is 1.57. The first-order valence-corrected chi connectivity index (χ1v) is 8.36. The number of hydrogen-bond donors (Lipinski definition) is 2. The van der Waals surface area contributed by atoms with Crippen LogP contribution in [0.15, 0.2) is 5.38 Å². The summed E-state index contributed by atoms with van der Waals surface area (Å²) in [5.74, 6) is 0.0431. The van der Waals surface area contributed by atoms with Gasteiger partial charge < -0.3 is 15.8 Å². The number of nitrogens with two attached hydrogens (primary N) is 1. The molecule has 7 heteroatoms. The second-order valence-corrected chi connectivity index (χ2v) is 6.05. The number of amides is 1. The van der Waals surface area contributed by atoms with Crippen LogP contribution in [-0.4, -0.2) is 61.7 Å². The number of carbonyl (C=O) groups excluding carboxylic acids is 1. The van der Waals surface area contributed by atoms with E-state index in [4.69, 9.17) is 10.5 Å². The predicted octanol–water partition coefficient (Wildman–Crippen LogP) is 0.0253. The Hall–Kier alpha value is -1.02. The topological polar surface area (TPSA) is 80.5 Å². The fourth-order valence-corrected chi connectivity index (χ4v) is 3.06. The van der Waals surface area contributed by atoms with Crippen LogP contribution >= 0.6 is 11.3 Å². The Morgan fingerprint density at radius 1 is 1.48 bits per heavy atom. The zero-order chi connectivity index (χ0) is 14.9. The highest BCUT2D eigenvalue weighted by Crippen LogP contribution is 2.10. The first kappa shape index (κ1) is 16.4. The van der Waals surface area contributed by atoms with Gasteiger partial charge in [-0.25, -0.2) is 4.98 Å². The van der Waals surface area contributed by atoms with Gasteiger partial charge in [-0.05, 0) is 19.5 Å². The lowest BCUT2D eigenvalue weighted by Gasteiger charge is -2.26. The molecule has 6 nitrogen and oxygen atoms in total. The SMILES string of the molecule is NCCc1nc(CC(=O)NCCCN2CCOCC2)cs1. The van der Waals surface area contributed by atoms with E-state index < -0.39 is 0 Å². The Morgan fingerprint density at radius 3 is 3.05 bits per heavy atom. The van der Waals surface area contributed by atoms with Crippen LogP contribution in [0, 0.1) is 0 Å². The first-order chi connectivity index (χ1) is 10.3. The highest BCUT2D eigenvalue weighted by molar-refractivity contribution is 7.09. The molecule has 118 valence electrons. The number of morpholine rings is 1. The molecule has 2 rings (SSSR count). The molecule has 2 heterocycles. The maximum Gasteiger partial charge on any atom is 0.226 e. The average Bonchev–Trinajstić information content (AvgIpc) is 2.92. The normalized spacial score (nSPS) is 16.0. The third-order valence-corrected chi connectivity index (χ3v) is 4.33. The van der Waals surface area contributed by atoms with Crippen molar-refractivity contribution < 1.29 is 9.53 Å². The van der Waals surface area contributed by atoms with E-state index in [1.54, 1.807) is 11.3 Å². The third kappa shape index (κ3) is 6.09. The molecule has 1 aromatic heterocycles. The van der Waals surface area contributed by atoms with E-state index >= 15 is 0 Å². The van der Waals surface area contributed by atoms with E-state index in [9.17, 15) is 4.79 Å². The van der Waals surface area contributed by atoms with Crippen molar-refractivity contribution in [2.45, 2.75) is 19.3 Å². The van der Waals surface area contributed by atoms with Crippen LogP contribution < -0.4 is 11.1 Å². The highest BCUT2D eigenvalue weighted by Gasteiger charge is 2.10. The lowest BCUT2D eigenvalue weighted by Crippen LogP contribution is -2.38. The van der Waals surface area contributed by atoms with Gasteiger partial charge in [-0.3, -0.25) is 9.69 Å². The van der Waals surface area contributed by atoms with Crippen molar-refractivity contribution in [1.29, 1.82) is 0 Å². The number of ether oxygens (including phenoxy) is 1. The molecule has 1 aromatic rings. The summed E-state index contributed by atoms with van der Waals surface area (Å²) in [6, 6.07) is 0. The summed E-state index contributed by atoms with van der Waals surface area (Å²) in [4.78, 5) is 18.6. The Labute approximate surface area is 129 Å². The molecule has 0 saturated carbocycles. The van der Waals surface area contributed by atoms with Crippen molar-refractivity contribution >= 4 is 17.2 Å². The van der Waals surface area contributed by atoms with Gasteiger partial charge in [-0.1, -0.05) is 0 Å². The number of nitrogens with one attached hydrogen (secondary N) is 1. The van der Waals surface area contributed by atoms with E-state index in [1.165, 1.54) is 0 Å². The summed E-state index contributed by atoms with van der Waals surface area (Å²) in [7, 11) is 0. The fraction of sp³-hybridized carbons (Fsp3) is 0.714. The molecule has 3 N–H and O–H groups in total. The Balaban J connectivity index is 1.58. The van der Waals surface area contributed by atoms with Gasteiger partial charge in [-0.15, -0.1) is 11.3 Å². The Kier molecular flexibility index (Phi) is 7.08. The molecule has 0 spiro atoms. The first-order valence-electron chi connectivity index (χ1n) is 7.48. The largest absolute Gasteiger partial charge is 0.379 e. The maximum absolute atomic E-state index is 11.8. The molecule has 0 unspecified atom stereocenters. The van der Waals surface area contributed by atoms with Crippen molar-refractivity contribution in [2.24, 2.45) is 5.73 Å². The smallest absolute Gasteiger partial charge is 0.226 e. The standard InChI is InChI=1S/C14H24N4O2S/c15-3-2-14-17-12(11-21-14)10-13(19)16-4-1-5-18-6-8-20-9-7-18/h11H,1-10,15H2,(H,16,19). The van der Waals surface area contributed by atoms with Crippen molar-refractivity contribution in [3.63, 3.8) is 0 Å². The fourth-order valence-electron chi connectivity index (χ4n) is 2.25. The van der Waals surface area contributed by atoms with E-state index in [2.05, 4.69) is 15.2 Å². The summed E-state index contributed by atoms with van der Waals surface area (Å²) < 4.78 is 5.30. The zero-order valence-electron chi connectivity index (χ0n) is 12.3. The number of rotatable bonds is 8. The molecular formula is C14H24N4O2S. The lowest BCUT2D eigenvalue weighted by molar-refractivity contribution is -0.120. The van der Waals surface area contributed by atoms with Gasteiger partial charge in [0.25, 0.3) is 0 Å². The van der Waals surface area contributed by atoms with Gasteiger partial charge in [0.05, 0.1) is 30.3 Å². The molecule has 0 aromatic carbocycles. The minimum absolute atomic E-state index is 0.0431. The van der Waals surface area contributed by atoms with Gasteiger partial charge in [0, 0.05) is 31.4 Å². The molecule has 1 amide bonds. The lowest BCUT2D eigenvalue weighted by atomic mass is 10.3. The number of aromatic nitrogens is 1. The molecule has 1 aliphatic heterocycles. The maximum atomic E-state index is 11.8. The van der Waals surface area contributed by atoms with Gasteiger partial charge in [-0.2, -0.15) is 0 Å². The quantitative estimate of drug-likeness (QED) is 0.662. The van der Waals surface area contributed by atoms with E-state index in [-0.39, 0.29) is 5.91 Å². The summed E-state index contributed by atoms with van der Waals surface area (Å²) in [5, 5.41) is 5.90. The number of nitrogens with zero attached hydrogens (tertiary/aromatic N) is 2. The van der Waals surface area contributed by atoms with Crippen molar-refractivity contribution in [2.75, 3.05) is 45.9 Å². The average molecular weight is 312 g/mol. The van der Waals surface area contributed by atoms with Crippen molar-refractivity contribution in [3.05, 3.63) is 16.1 Å². The minimum atomic E-state index is 0.0431. The van der Waals surface area contributed by atoms with Crippen LogP contribution in [0.2, 0.25) is 0 Å². The van der Waals surface area contributed by atoms with Crippen LogP contribution in [0.4, 0.5) is 0 Å². The van der Waals surface area contributed by atoms with Crippen molar-refractivity contribution in [3.8, 4) is 0 Å². The second-order valence-electron chi connectivity index (χ2n) is 5.11. The number of hydrogen-bond acceptors (Lipinski definition) is 6. The second kappa shape index (κ2) is 9.09. The van der Waals surface area contributed by atoms with Gasteiger partial charge in [0.15, 0.2) is 0 Å². The molecule has 0 aliphatic carbocycles. The molecule has 0 atom stereocenters. The predicted molar refractivity (Wildman–Crippen MR) is 83.5 cm³/mol. The molecular weight excluding hydrogens is 288 g/mol. The zero-order valence-corrected chi connectivity index (χ0v) is 13.2. The van der Waals surface area contributed by atoms with Crippen LogP contribution in [0.1, 0.15) is 17.1 Å². The summed E-state index contributed by atoms with van der Waals surface area (Å²) in [5.41, 5.74) is 6.33. The Morgan fingerprint density at radius 2 is 2.29 bits per heavy atom. The highest BCUT2D eigenvalue weighted by atomic mass is 32.1. The monoisotopic (exact) mass is 312 g/mol. The minimum Gasteiger partial charge on any atom is -0.379 e. The number of carbonyl (C=O) groups is 1. The number of thiazole rings is 1. The molecule has 1 aliphatic rings. The molecule has 21 heavy (non-hydrogen) atoms. The summed E-state index contributed by atoms with van der Waals surface area (Å²) in [6.45, 7) is 5.97. The molecule has 1 saturated heterocycles. The van der Waals surface area contributed by atoms with E-state index in [0.29, 0.717) is 13.0 Å². The molecule has 0 radical (unpaired) electrons. The van der Waals surface area contributed by atoms with Crippen LogP contribution in [0.25, 0.3) is 0 Å². The van der Waals surface area contributed by atoms with Crippen LogP contribution in [-0.2, 0) is 22.4 Å². The third-order valence-electron chi connectivity index (χ3n) is 3.38. The van der Waals surface area contributed by atoms with Gasteiger partial charge in [0.1, 0.15) is 0 Å². The van der Waals surface area contributed by atoms with Crippen molar-refractivity contribution in [1.82, 2.24) is 15.2 Å². The Bertz CT molecular complexity index is 432. The molecule has 1 fully saturated rings. The van der Waals surface area contributed by atoms with E-state index in [1.807, 2.05) is 5.38 Å².